The molecule has 0 aliphatic heterocycles. The van der Waals surface area contributed by atoms with Gasteiger partial charge in [0.1, 0.15) is 11.8 Å². The van der Waals surface area contributed by atoms with Crippen molar-refractivity contribution in [3.05, 3.63) is 41.8 Å². The van der Waals surface area contributed by atoms with Crippen LogP contribution in [-0.2, 0) is 0 Å². The minimum absolute atomic E-state index is 0.115. The zero-order valence-corrected chi connectivity index (χ0v) is 8.94. The smallest absolute Gasteiger partial charge is 0.158 e. The number of hydrogen-bond acceptors (Lipinski definition) is 3. The van der Waals surface area contributed by atoms with Gasteiger partial charge in [0, 0.05) is 19.2 Å². The highest BCUT2D eigenvalue weighted by Crippen LogP contribution is 2.18. The Kier molecular flexibility index (Phi) is 3.75. The molecule has 1 N–H and O–H groups in total. The van der Waals surface area contributed by atoms with Gasteiger partial charge in [0.05, 0.1) is 0 Å². The van der Waals surface area contributed by atoms with Crippen molar-refractivity contribution in [2.24, 2.45) is 0 Å². The molecule has 1 aromatic rings. The monoisotopic (exact) mass is 202 g/mol. The van der Waals surface area contributed by atoms with E-state index in [1.165, 1.54) is 0 Å². The van der Waals surface area contributed by atoms with Crippen LogP contribution in [0, 0.1) is 11.3 Å². The average Bonchev–Trinajstić information content (AvgIpc) is 2.30. The van der Waals surface area contributed by atoms with Crippen LogP contribution in [0.3, 0.4) is 0 Å². The number of allylic oxidation sites excluding steroid dienone is 2. The van der Waals surface area contributed by atoms with Crippen molar-refractivity contribution in [1.82, 2.24) is 0 Å². The number of nitriles is 1. The second kappa shape index (κ2) is 5.06. The Balaban J connectivity index is 3.04. The summed E-state index contributed by atoms with van der Waals surface area (Å²) in [5, 5.41) is 18.5. The predicted octanol–water partition coefficient (Wildman–Crippen LogP) is 2.83. The third-order valence-electron chi connectivity index (χ3n) is 2.19. The third-order valence-corrected chi connectivity index (χ3v) is 2.19. The van der Waals surface area contributed by atoms with Crippen LogP contribution >= 0.6 is 0 Å². The van der Waals surface area contributed by atoms with Gasteiger partial charge < -0.3 is 10.0 Å². The van der Waals surface area contributed by atoms with E-state index < -0.39 is 0 Å². The lowest BCUT2D eigenvalue weighted by Crippen LogP contribution is -2.17. The van der Waals surface area contributed by atoms with Crippen LogP contribution in [-0.4, -0.2) is 12.2 Å². The van der Waals surface area contributed by atoms with E-state index in [-0.39, 0.29) is 5.76 Å². The van der Waals surface area contributed by atoms with Crippen LogP contribution in [0.4, 0.5) is 5.69 Å². The molecule has 0 fully saturated rings. The van der Waals surface area contributed by atoms with E-state index >= 15 is 0 Å². The largest absolute Gasteiger partial charge is 0.509 e. The molecule has 0 aliphatic carbocycles. The van der Waals surface area contributed by atoms with E-state index in [4.69, 9.17) is 5.26 Å². The second-order valence-electron chi connectivity index (χ2n) is 3.16. The molecule has 0 spiro atoms. The molecule has 0 amide bonds. The molecule has 0 saturated carbocycles. The zero-order chi connectivity index (χ0) is 11.3. The van der Waals surface area contributed by atoms with E-state index in [2.05, 4.69) is 0 Å². The summed E-state index contributed by atoms with van der Waals surface area (Å²) in [6, 6.07) is 11.5. The summed E-state index contributed by atoms with van der Waals surface area (Å²) >= 11 is 0. The number of nitrogens with zero attached hydrogens (tertiary/aromatic N) is 2. The maximum absolute atomic E-state index is 9.56. The highest BCUT2D eigenvalue weighted by molar-refractivity contribution is 5.54. The summed E-state index contributed by atoms with van der Waals surface area (Å²) < 4.78 is 0. The van der Waals surface area contributed by atoms with Crippen molar-refractivity contribution < 1.29 is 5.11 Å². The fraction of sp³-hybridized carbons (Fsp3) is 0.250. The van der Waals surface area contributed by atoms with Gasteiger partial charge in [0.2, 0.25) is 0 Å². The maximum atomic E-state index is 9.56. The molecule has 0 radical (unpaired) electrons. The van der Waals surface area contributed by atoms with Gasteiger partial charge in [-0.2, -0.15) is 5.26 Å². The Morgan fingerprint density at radius 1 is 1.40 bits per heavy atom. The molecule has 0 bridgehead atoms. The number of para-hydroxylation sites is 1. The summed E-state index contributed by atoms with van der Waals surface area (Å²) in [6.07, 6.45) is 0.458. The quantitative estimate of drug-likeness (QED) is 0.605. The molecule has 0 aromatic heterocycles. The van der Waals surface area contributed by atoms with E-state index in [0.717, 1.165) is 5.69 Å². The maximum Gasteiger partial charge on any atom is 0.158 e. The molecule has 0 unspecified atom stereocenters. The van der Waals surface area contributed by atoms with Crippen molar-refractivity contribution in [3.63, 3.8) is 0 Å². The van der Waals surface area contributed by atoms with Gasteiger partial charge in [-0.1, -0.05) is 25.1 Å². The number of rotatable bonds is 3. The first-order valence-corrected chi connectivity index (χ1v) is 4.81. The standard InChI is InChI=1S/C12H14N2O/c1-3-12(15)11(9-13)14(2)10-7-5-4-6-8-10/h4-8,15H,3H2,1-2H3/b12-11-. The summed E-state index contributed by atoms with van der Waals surface area (Å²) in [5.74, 6) is 0.115. The van der Waals surface area contributed by atoms with Gasteiger partial charge in [-0.25, -0.2) is 0 Å². The molecule has 15 heavy (non-hydrogen) atoms. The molecule has 0 atom stereocenters. The van der Waals surface area contributed by atoms with Gasteiger partial charge in [-0.3, -0.25) is 0 Å². The van der Waals surface area contributed by atoms with Crippen LogP contribution in [0.5, 0.6) is 0 Å². The first kappa shape index (κ1) is 11.1. The molecule has 0 saturated heterocycles. The SMILES string of the molecule is CC/C(O)=C(\C#N)N(C)c1ccccc1. The number of anilines is 1. The summed E-state index contributed by atoms with van der Waals surface area (Å²) in [4.78, 5) is 1.68. The molecule has 78 valence electrons. The predicted molar refractivity (Wildman–Crippen MR) is 60.4 cm³/mol. The fourth-order valence-electron chi connectivity index (χ4n) is 1.28. The minimum atomic E-state index is 0.115. The molecular formula is C12H14N2O. The van der Waals surface area contributed by atoms with Crippen molar-refractivity contribution >= 4 is 5.69 Å². The Bertz CT molecular complexity index is 390. The van der Waals surface area contributed by atoms with Crippen molar-refractivity contribution in [3.8, 4) is 6.07 Å². The second-order valence-corrected chi connectivity index (χ2v) is 3.16. The number of hydrogen-bond donors (Lipinski definition) is 1. The van der Waals surface area contributed by atoms with Crippen molar-refractivity contribution in [1.29, 1.82) is 5.26 Å². The van der Waals surface area contributed by atoms with E-state index in [0.29, 0.717) is 12.1 Å². The number of aliphatic hydroxyl groups excluding tert-OH is 1. The first-order valence-electron chi connectivity index (χ1n) is 4.81. The van der Waals surface area contributed by atoms with Gasteiger partial charge in [-0.05, 0) is 12.1 Å². The van der Waals surface area contributed by atoms with Gasteiger partial charge in [0.15, 0.2) is 5.70 Å². The topological polar surface area (TPSA) is 47.3 Å². The van der Waals surface area contributed by atoms with E-state index in [9.17, 15) is 5.11 Å². The molecule has 0 aliphatic rings. The fourth-order valence-corrected chi connectivity index (χ4v) is 1.28. The van der Waals surface area contributed by atoms with E-state index in [1.54, 1.807) is 11.9 Å². The van der Waals surface area contributed by atoms with Crippen LogP contribution in [0.1, 0.15) is 13.3 Å². The summed E-state index contributed by atoms with van der Waals surface area (Å²) in [7, 11) is 1.76. The lowest BCUT2D eigenvalue weighted by molar-refractivity contribution is 0.388. The first-order chi connectivity index (χ1) is 7.20. The van der Waals surface area contributed by atoms with Crippen LogP contribution in [0.25, 0.3) is 0 Å². The Morgan fingerprint density at radius 3 is 2.47 bits per heavy atom. The van der Waals surface area contributed by atoms with Crippen molar-refractivity contribution in [2.45, 2.75) is 13.3 Å². The molecule has 0 heterocycles. The Hall–Kier alpha value is -1.95. The van der Waals surface area contributed by atoms with Crippen LogP contribution < -0.4 is 4.90 Å². The summed E-state index contributed by atoms with van der Waals surface area (Å²) in [5.41, 5.74) is 1.18. The normalized spacial score (nSPS) is 11.5. The molecule has 3 nitrogen and oxygen atoms in total. The van der Waals surface area contributed by atoms with Crippen LogP contribution in [0.2, 0.25) is 0 Å². The minimum Gasteiger partial charge on any atom is -0.509 e. The van der Waals surface area contributed by atoms with E-state index in [1.807, 2.05) is 43.3 Å². The van der Waals surface area contributed by atoms with Gasteiger partial charge in [0.25, 0.3) is 0 Å². The lowest BCUT2D eigenvalue weighted by Gasteiger charge is -2.18. The average molecular weight is 202 g/mol. The highest BCUT2D eigenvalue weighted by atomic mass is 16.3. The number of aliphatic hydroxyl groups is 1. The molecule has 1 rings (SSSR count). The molecule has 1 aromatic carbocycles. The highest BCUT2D eigenvalue weighted by Gasteiger charge is 2.10. The lowest BCUT2D eigenvalue weighted by atomic mass is 10.2. The summed E-state index contributed by atoms with van der Waals surface area (Å²) in [6.45, 7) is 1.81. The third kappa shape index (κ3) is 2.50. The van der Waals surface area contributed by atoms with Crippen LogP contribution in [0.15, 0.2) is 41.8 Å². The zero-order valence-electron chi connectivity index (χ0n) is 8.94. The van der Waals surface area contributed by atoms with Gasteiger partial charge in [-0.15, -0.1) is 0 Å². The van der Waals surface area contributed by atoms with Gasteiger partial charge >= 0.3 is 0 Å². The Morgan fingerprint density at radius 2 is 2.00 bits per heavy atom. The molecular weight excluding hydrogens is 188 g/mol. The Labute approximate surface area is 89.9 Å². The van der Waals surface area contributed by atoms with Crippen molar-refractivity contribution in [2.75, 3.05) is 11.9 Å². The number of benzene rings is 1. The molecule has 3 heteroatoms.